The molecule has 4 rings (SSSR count). The number of benzene rings is 2. The largest absolute Gasteiger partial charge is 0.493 e. The Morgan fingerprint density at radius 3 is 2.19 bits per heavy atom. The first-order valence-corrected chi connectivity index (χ1v) is 10.8. The average molecular weight is 459 g/mol. The van der Waals surface area contributed by atoms with Gasteiger partial charge in [-0.15, -0.1) is 3.89 Å². The summed E-state index contributed by atoms with van der Waals surface area (Å²) >= 11 is 0. The van der Waals surface area contributed by atoms with Crippen molar-refractivity contribution in [2.24, 2.45) is 0 Å². The van der Waals surface area contributed by atoms with E-state index >= 15 is 0 Å². The van der Waals surface area contributed by atoms with Crippen molar-refractivity contribution in [2.75, 3.05) is 18.9 Å². The van der Waals surface area contributed by atoms with Gasteiger partial charge in [0.1, 0.15) is 17.8 Å². The van der Waals surface area contributed by atoms with Gasteiger partial charge in [0.2, 0.25) is 5.95 Å². The maximum absolute atomic E-state index is 12.9. The van der Waals surface area contributed by atoms with Gasteiger partial charge in [0, 0.05) is 12.1 Å². The lowest BCUT2D eigenvalue weighted by Crippen LogP contribution is -2.12. The number of nitrogens with two attached hydrogens (primary N) is 1. The summed E-state index contributed by atoms with van der Waals surface area (Å²) in [7, 11) is -4.72. The minimum absolute atomic E-state index is 0.00909. The molecule has 0 aliphatic heterocycles. The Morgan fingerprint density at radius 1 is 1.00 bits per heavy atom. The second-order valence-corrected chi connectivity index (χ2v) is 8.04. The third kappa shape index (κ3) is 4.70. The highest BCUT2D eigenvalue weighted by atomic mass is 32.3. The Morgan fingerprint density at radius 2 is 1.59 bits per heavy atom. The van der Waals surface area contributed by atoms with Gasteiger partial charge in [0.25, 0.3) is 5.56 Å². The summed E-state index contributed by atoms with van der Waals surface area (Å²) in [6, 6.07) is 12.2. The van der Waals surface area contributed by atoms with E-state index in [4.69, 9.17) is 15.2 Å². The predicted octanol–water partition coefficient (Wildman–Crippen LogP) is 2.20. The van der Waals surface area contributed by atoms with Gasteiger partial charge in [-0.2, -0.15) is 13.4 Å². The number of hydrogen-bond donors (Lipinski definition) is 2. The highest BCUT2D eigenvalue weighted by Gasteiger charge is 2.12. The number of H-pyrrole nitrogens is 1. The molecule has 0 aliphatic carbocycles. The molecule has 0 saturated carbocycles. The van der Waals surface area contributed by atoms with Crippen LogP contribution in [0.5, 0.6) is 11.5 Å². The number of fused-ring (bicyclic) bond motifs is 1. The van der Waals surface area contributed by atoms with Crippen molar-refractivity contribution in [3.63, 3.8) is 0 Å². The molecule has 0 spiro atoms. The van der Waals surface area contributed by atoms with Crippen molar-refractivity contribution in [3.05, 3.63) is 65.2 Å². The lowest BCUT2D eigenvalue weighted by Gasteiger charge is -2.09. The molecule has 32 heavy (non-hydrogen) atoms. The quantitative estimate of drug-likeness (QED) is 0.302. The highest BCUT2D eigenvalue weighted by Crippen LogP contribution is 2.20. The van der Waals surface area contributed by atoms with E-state index in [1.807, 2.05) is 0 Å². The molecule has 2 aromatic heterocycles. The average Bonchev–Trinajstić information content (AvgIpc) is 3.18. The lowest BCUT2D eigenvalue weighted by molar-refractivity contribution is 0.247. The predicted molar refractivity (Wildman–Crippen MR) is 114 cm³/mol. The van der Waals surface area contributed by atoms with Gasteiger partial charge < -0.3 is 15.2 Å². The zero-order valence-corrected chi connectivity index (χ0v) is 17.4. The molecule has 0 amide bonds. The zero-order valence-electron chi connectivity index (χ0n) is 16.6. The van der Waals surface area contributed by atoms with Crippen LogP contribution in [-0.2, 0) is 10.2 Å². The molecule has 2 aromatic carbocycles. The SMILES string of the molecule is Nc1nc2c(ncn2-c2ccc(OCCCOc3ccc(S(=O)(=O)F)cc3)cc2)c(=O)[nH]1. The summed E-state index contributed by atoms with van der Waals surface area (Å²) in [4.78, 5) is 22.1. The molecular formula is C20H18FN5O5S. The van der Waals surface area contributed by atoms with Crippen molar-refractivity contribution in [3.8, 4) is 17.2 Å². The molecule has 3 N–H and O–H groups in total. The van der Waals surface area contributed by atoms with Crippen LogP contribution >= 0.6 is 0 Å². The number of anilines is 1. The van der Waals surface area contributed by atoms with E-state index in [0.717, 1.165) is 17.8 Å². The normalized spacial score (nSPS) is 11.5. The van der Waals surface area contributed by atoms with Gasteiger partial charge in [0.05, 0.1) is 18.1 Å². The molecule has 0 unspecified atom stereocenters. The minimum atomic E-state index is -4.72. The Kier molecular flexibility index (Phi) is 5.77. The number of imidazole rings is 1. The zero-order chi connectivity index (χ0) is 22.7. The Labute approximate surface area is 181 Å². The maximum Gasteiger partial charge on any atom is 0.332 e. The Balaban J connectivity index is 1.30. The number of halogens is 1. The van der Waals surface area contributed by atoms with Crippen molar-refractivity contribution in [1.29, 1.82) is 0 Å². The van der Waals surface area contributed by atoms with Crippen molar-refractivity contribution >= 4 is 27.3 Å². The molecule has 2 heterocycles. The van der Waals surface area contributed by atoms with Crippen molar-refractivity contribution < 1.29 is 21.8 Å². The van der Waals surface area contributed by atoms with E-state index in [1.54, 1.807) is 28.8 Å². The summed E-state index contributed by atoms with van der Waals surface area (Å²) in [6.45, 7) is 0.722. The van der Waals surface area contributed by atoms with Crippen LogP contribution in [0, 0.1) is 0 Å². The summed E-state index contributed by atoms with van der Waals surface area (Å²) in [5.74, 6) is 1.08. The third-order valence-corrected chi connectivity index (χ3v) is 5.31. The van der Waals surface area contributed by atoms with E-state index in [0.29, 0.717) is 36.8 Å². The topological polar surface area (TPSA) is 142 Å². The first-order chi connectivity index (χ1) is 15.3. The van der Waals surface area contributed by atoms with E-state index in [2.05, 4.69) is 15.0 Å². The molecular weight excluding hydrogens is 441 g/mol. The fourth-order valence-corrected chi connectivity index (χ4v) is 3.42. The number of ether oxygens (including phenoxy) is 2. The monoisotopic (exact) mass is 459 g/mol. The number of nitrogen functional groups attached to an aromatic ring is 1. The number of rotatable bonds is 8. The van der Waals surface area contributed by atoms with E-state index in [-0.39, 0.29) is 11.5 Å². The van der Waals surface area contributed by atoms with Crippen LogP contribution in [0.3, 0.4) is 0 Å². The van der Waals surface area contributed by atoms with Gasteiger partial charge in [-0.3, -0.25) is 14.3 Å². The molecule has 0 aliphatic rings. The highest BCUT2D eigenvalue weighted by molar-refractivity contribution is 7.86. The van der Waals surface area contributed by atoms with Gasteiger partial charge in [-0.1, -0.05) is 0 Å². The molecule has 12 heteroatoms. The minimum Gasteiger partial charge on any atom is -0.493 e. The molecule has 0 bridgehead atoms. The smallest absolute Gasteiger partial charge is 0.332 e. The van der Waals surface area contributed by atoms with Crippen molar-refractivity contribution in [2.45, 2.75) is 11.3 Å². The molecule has 10 nitrogen and oxygen atoms in total. The summed E-state index contributed by atoms with van der Waals surface area (Å²) in [6.07, 6.45) is 2.07. The number of nitrogens with one attached hydrogen (secondary N) is 1. The Hall–Kier alpha value is -3.93. The molecule has 0 atom stereocenters. The fourth-order valence-electron chi connectivity index (χ4n) is 2.96. The van der Waals surface area contributed by atoms with Crippen LogP contribution in [0.15, 0.2) is 64.5 Å². The number of nitrogens with zero attached hydrogens (tertiary/aromatic N) is 3. The Bertz CT molecular complexity index is 1400. The lowest BCUT2D eigenvalue weighted by atomic mass is 10.3. The van der Waals surface area contributed by atoms with E-state index in [9.17, 15) is 17.1 Å². The first-order valence-electron chi connectivity index (χ1n) is 9.45. The first kappa shape index (κ1) is 21.3. The standard InChI is InChI=1S/C20H18FN5O5S/c21-32(28,29)16-8-6-15(7-9-16)31-11-1-10-30-14-4-2-13(3-5-14)26-12-23-17-18(26)24-20(22)25-19(17)27/h2-9,12H,1,10-11H2,(H3,22,24,25,27). The summed E-state index contributed by atoms with van der Waals surface area (Å²) in [5.41, 5.74) is 6.50. The molecule has 166 valence electrons. The molecule has 0 fully saturated rings. The molecule has 4 aromatic rings. The van der Waals surface area contributed by atoms with Gasteiger partial charge in [-0.25, -0.2) is 4.98 Å². The number of hydrogen-bond acceptors (Lipinski definition) is 8. The number of aromatic nitrogens is 4. The summed E-state index contributed by atoms with van der Waals surface area (Å²) in [5, 5.41) is 0. The summed E-state index contributed by atoms with van der Waals surface area (Å²) < 4.78 is 47.3. The third-order valence-electron chi connectivity index (χ3n) is 4.47. The number of aromatic amines is 1. The van der Waals surface area contributed by atoms with E-state index < -0.39 is 20.7 Å². The molecule has 0 saturated heterocycles. The molecule has 0 radical (unpaired) electrons. The maximum atomic E-state index is 12.9. The van der Waals surface area contributed by atoms with Gasteiger partial charge in [0.15, 0.2) is 11.2 Å². The fraction of sp³-hybridized carbons (Fsp3) is 0.150. The van der Waals surface area contributed by atoms with Gasteiger partial charge in [-0.05, 0) is 48.5 Å². The van der Waals surface area contributed by atoms with Crippen LogP contribution in [0.2, 0.25) is 0 Å². The van der Waals surface area contributed by atoms with Crippen LogP contribution in [0.4, 0.5) is 9.83 Å². The van der Waals surface area contributed by atoms with Gasteiger partial charge >= 0.3 is 10.2 Å². The second kappa shape index (κ2) is 8.67. The van der Waals surface area contributed by atoms with Crippen molar-refractivity contribution in [1.82, 2.24) is 19.5 Å². The van der Waals surface area contributed by atoms with E-state index in [1.165, 1.54) is 18.5 Å². The van der Waals surface area contributed by atoms with Crippen LogP contribution in [0.25, 0.3) is 16.9 Å². The van der Waals surface area contributed by atoms with Crippen LogP contribution in [-0.4, -0.2) is 41.2 Å². The second-order valence-electron chi connectivity index (χ2n) is 6.69. The van der Waals surface area contributed by atoms with Crippen LogP contribution < -0.4 is 20.8 Å². The van der Waals surface area contributed by atoms with Crippen LogP contribution in [0.1, 0.15) is 6.42 Å².